The van der Waals surface area contributed by atoms with Crippen molar-refractivity contribution in [3.63, 3.8) is 0 Å². The minimum atomic E-state index is -4.94. The van der Waals surface area contributed by atoms with Crippen molar-refractivity contribution in [1.82, 2.24) is 19.9 Å². The van der Waals surface area contributed by atoms with Crippen LogP contribution in [-0.2, 0) is 30.5 Å². The summed E-state index contributed by atoms with van der Waals surface area (Å²) in [4.78, 5) is 61.7. The van der Waals surface area contributed by atoms with Crippen LogP contribution in [0.2, 0.25) is 0 Å². The predicted octanol–water partition coefficient (Wildman–Crippen LogP) is 7.97. The number of rotatable bonds is 11. The molecule has 1 aliphatic heterocycles. The fourth-order valence-corrected chi connectivity index (χ4v) is 8.01. The highest BCUT2D eigenvalue weighted by Gasteiger charge is 2.46. The summed E-state index contributed by atoms with van der Waals surface area (Å²) in [7, 11) is -3.00. The van der Waals surface area contributed by atoms with Gasteiger partial charge in [-0.3, -0.25) is 14.4 Å². The van der Waals surface area contributed by atoms with Gasteiger partial charge >= 0.3 is 12.3 Å². The average Bonchev–Trinajstić information content (AvgIpc) is 3.65. The molecule has 14 nitrogen and oxygen atoms in total. The zero-order valence-corrected chi connectivity index (χ0v) is 36.9. The summed E-state index contributed by atoms with van der Waals surface area (Å²) >= 11 is 0. The first-order valence-corrected chi connectivity index (χ1v) is 21.6. The van der Waals surface area contributed by atoms with Gasteiger partial charge < -0.3 is 29.7 Å². The number of methoxy groups -OCH3 is 1. The van der Waals surface area contributed by atoms with Gasteiger partial charge in [0.15, 0.2) is 0 Å². The molecular formula is C46H48F3N5O9S. The van der Waals surface area contributed by atoms with E-state index in [1.165, 1.54) is 31.4 Å². The molecule has 1 aromatic heterocycles. The third kappa shape index (κ3) is 11.1. The van der Waals surface area contributed by atoms with Gasteiger partial charge in [-0.2, -0.15) is 13.2 Å². The number of likely N-dealkylation sites (tertiary alicyclic amines) is 1. The Labute approximate surface area is 368 Å². The van der Waals surface area contributed by atoms with Crippen molar-refractivity contribution in [2.24, 2.45) is 5.41 Å². The van der Waals surface area contributed by atoms with Crippen molar-refractivity contribution in [3.8, 4) is 22.8 Å². The Kier molecular flexibility index (Phi) is 13.3. The van der Waals surface area contributed by atoms with Gasteiger partial charge in [0.25, 0.3) is 15.9 Å². The predicted molar refractivity (Wildman–Crippen MR) is 232 cm³/mol. The van der Waals surface area contributed by atoms with Crippen LogP contribution in [0.3, 0.4) is 0 Å². The van der Waals surface area contributed by atoms with E-state index in [0.29, 0.717) is 40.2 Å². The van der Waals surface area contributed by atoms with E-state index in [-0.39, 0.29) is 17.9 Å². The molecule has 0 aliphatic carbocycles. The molecule has 2 heterocycles. The molecule has 0 spiro atoms. The minimum Gasteiger partial charge on any atom is -0.497 e. The normalized spacial score (nSPS) is 16.1. The number of alkyl carbamates (subject to hydrolysis) is 1. The second-order valence-corrected chi connectivity index (χ2v) is 18.9. The molecule has 0 unspecified atom stereocenters. The fraction of sp³-hybridized carbons (Fsp3) is 0.326. The fourth-order valence-electron chi connectivity index (χ4n) is 7.03. The molecule has 1 aliphatic rings. The highest BCUT2D eigenvalue weighted by Crippen LogP contribution is 2.37. The molecule has 3 atom stereocenters. The molecular weight excluding hydrogens is 856 g/mol. The van der Waals surface area contributed by atoms with Crippen LogP contribution in [0, 0.1) is 5.41 Å². The van der Waals surface area contributed by atoms with Crippen LogP contribution < -0.4 is 24.8 Å². The maximum Gasteiger partial charge on any atom is 0.416 e. The van der Waals surface area contributed by atoms with E-state index in [1.54, 1.807) is 71.9 Å². The van der Waals surface area contributed by atoms with Crippen molar-refractivity contribution in [2.45, 2.75) is 82.8 Å². The number of carbonyl (C=O) groups is 4. The third-order valence-electron chi connectivity index (χ3n) is 10.1. The van der Waals surface area contributed by atoms with Crippen molar-refractivity contribution >= 4 is 50.4 Å². The van der Waals surface area contributed by atoms with Gasteiger partial charge in [0, 0.05) is 29.5 Å². The second-order valence-electron chi connectivity index (χ2n) is 17.2. The second kappa shape index (κ2) is 18.2. The largest absolute Gasteiger partial charge is 0.497 e. The lowest BCUT2D eigenvalue weighted by atomic mass is 9.85. The molecule has 6 rings (SSSR count). The van der Waals surface area contributed by atoms with Crippen molar-refractivity contribution < 1.29 is 55.0 Å². The number of hydrogen-bond acceptors (Lipinski definition) is 10. The Bertz CT molecular complexity index is 2670. The molecule has 18 heteroatoms. The van der Waals surface area contributed by atoms with E-state index in [0.717, 1.165) is 16.5 Å². The van der Waals surface area contributed by atoms with Crippen LogP contribution >= 0.6 is 0 Å². The zero-order chi connectivity index (χ0) is 46.8. The molecule has 3 N–H and O–H groups in total. The molecule has 4 amide bonds. The lowest BCUT2D eigenvalue weighted by Crippen LogP contribution is -2.57. The molecule has 1 saturated heterocycles. The van der Waals surface area contributed by atoms with E-state index >= 15 is 0 Å². The minimum absolute atomic E-state index is 0.218. The Morgan fingerprint density at radius 1 is 0.844 bits per heavy atom. The van der Waals surface area contributed by atoms with Gasteiger partial charge in [-0.05, 0) is 68.7 Å². The SMILES string of the molecule is COc1ccc2c(O[C@@H]3C[C@@H](C(=O)Nc4cc(C(F)(F)F)ccc4C(=O)NS(=O)(=O)c4ccccc4)N(C(=O)[C@@H](NC(=O)OC(C)(C)C)C(C)(C)C)C3)cc(-c3ccccc3)nc2c1. The van der Waals surface area contributed by atoms with E-state index in [1.807, 2.05) is 35.1 Å². The summed E-state index contributed by atoms with van der Waals surface area (Å²) in [5.41, 5.74) is -2.66. The van der Waals surface area contributed by atoms with Crippen LogP contribution in [0.25, 0.3) is 22.2 Å². The first kappa shape index (κ1) is 46.8. The Morgan fingerprint density at radius 2 is 1.50 bits per heavy atom. The average molecular weight is 904 g/mol. The number of nitrogens with one attached hydrogen (secondary N) is 3. The lowest BCUT2D eigenvalue weighted by molar-refractivity contribution is -0.140. The number of carbonyl (C=O) groups excluding carboxylic acids is 4. The Morgan fingerprint density at radius 3 is 2.11 bits per heavy atom. The summed E-state index contributed by atoms with van der Waals surface area (Å²) < 4.78 is 87.9. The highest BCUT2D eigenvalue weighted by molar-refractivity contribution is 7.90. The number of sulfonamides is 1. The number of halogens is 3. The van der Waals surface area contributed by atoms with Gasteiger partial charge in [0.1, 0.15) is 35.3 Å². The molecule has 1 fully saturated rings. The highest BCUT2D eigenvalue weighted by atomic mass is 32.2. The number of pyridine rings is 1. The number of fused-ring (bicyclic) bond motifs is 1. The van der Waals surface area contributed by atoms with Crippen LogP contribution in [0.15, 0.2) is 108 Å². The number of anilines is 1. The topological polar surface area (TPSA) is 182 Å². The van der Waals surface area contributed by atoms with Crippen molar-refractivity contribution in [3.05, 3.63) is 114 Å². The zero-order valence-electron chi connectivity index (χ0n) is 36.1. The number of hydrogen-bond donors (Lipinski definition) is 3. The van der Waals surface area contributed by atoms with E-state index in [2.05, 4.69) is 10.6 Å². The molecule has 5 aromatic rings. The van der Waals surface area contributed by atoms with Crippen LogP contribution in [0.1, 0.15) is 63.9 Å². The van der Waals surface area contributed by atoms with Crippen molar-refractivity contribution in [2.75, 3.05) is 19.0 Å². The molecule has 0 saturated carbocycles. The summed E-state index contributed by atoms with van der Waals surface area (Å²) in [5, 5.41) is 5.58. The summed E-state index contributed by atoms with van der Waals surface area (Å²) in [6.07, 6.45) is -7.00. The van der Waals surface area contributed by atoms with Gasteiger partial charge in [-0.15, -0.1) is 0 Å². The summed E-state index contributed by atoms with van der Waals surface area (Å²) in [6, 6.07) is 22.0. The van der Waals surface area contributed by atoms with E-state index < -0.39 is 86.0 Å². The number of amides is 4. The smallest absolute Gasteiger partial charge is 0.416 e. The van der Waals surface area contributed by atoms with E-state index in [4.69, 9.17) is 19.2 Å². The standard InChI is InChI=1S/C46H48F3N5O9S/c1-44(2,3)39(52-43(58)63-45(4,5)6)42(57)54-26-30(62-38-25-34(27-14-10-8-11-15-27)50-36-23-29(61-7)19-21-32(36)38)24-37(54)41(56)51-35-22-28(46(47,48)49)18-20-33(35)40(55)53-64(59,60)31-16-12-9-13-17-31/h8-23,25,30,37,39H,24,26H2,1-7H3,(H,51,56)(H,52,58)(H,53,55)/t30-,37+,39-/m1/s1. The van der Waals surface area contributed by atoms with Gasteiger partial charge in [0.05, 0.1) is 46.6 Å². The number of benzene rings is 4. The monoisotopic (exact) mass is 903 g/mol. The Balaban J connectivity index is 1.40. The maximum absolute atomic E-state index is 14.7. The van der Waals surface area contributed by atoms with Gasteiger partial charge in [-0.1, -0.05) is 69.3 Å². The summed E-state index contributed by atoms with van der Waals surface area (Å²) in [5.74, 6) is -2.25. The molecule has 0 bridgehead atoms. The molecule has 4 aromatic carbocycles. The van der Waals surface area contributed by atoms with Gasteiger partial charge in [0.2, 0.25) is 11.8 Å². The number of nitrogens with zero attached hydrogens (tertiary/aromatic N) is 2. The number of alkyl halides is 3. The first-order valence-electron chi connectivity index (χ1n) is 20.1. The van der Waals surface area contributed by atoms with Crippen molar-refractivity contribution in [1.29, 1.82) is 0 Å². The van der Waals surface area contributed by atoms with Crippen LogP contribution in [-0.4, -0.2) is 79.6 Å². The molecule has 0 radical (unpaired) electrons. The molecule has 64 heavy (non-hydrogen) atoms. The van der Waals surface area contributed by atoms with Gasteiger partial charge in [-0.25, -0.2) is 22.9 Å². The first-order chi connectivity index (χ1) is 29.9. The summed E-state index contributed by atoms with van der Waals surface area (Å²) in [6.45, 7) is 9.74. The quantitative estimate of drug-likeness (QED) is 0.118. The maximum atomic E-state index is 14.7. The third-order valence-corrected chi connectivity index (χ3v) is 11.4. The van der Waals surface area contributed by atoms with Crippen LogP contribution in [0.4, 0.5) is 23.7 Å². The van der Waals surface area contributed by atoms with Crippen LogP contribution in [0.5, 0.6) is 11.5 Å². The number of ether oxygens (including phenoxy) is 3. The lowest BCUT2D eigenvalue weighted by Gasteiger charge is -2.35. The molecule has 338 valence electrons. The number of aromatic nitrogens is 1. The van der Waals surface area contributed by atoms with E-state index in [9.17, 15) is 40.8 Å². The Hall–Kier alpha value is -6.69.